The van der Waals surface area contributed by atoms with Gasteiger partial charge in [0.25, 0.3) is 0 Å². The first-order valence-electron chi connectivity index (χ1n) is 4.72. The molecule has 0 aromatic rings. The van der Waals surface area contributed by atoms with Crippen molar-refractivity contribution >= 4 is 14.0 Å². The molecule has 0 bridgehead atoms. The van der Waals surface area contributed by atoms with Crippen molar-refractivity contribution in [1.82, 2.24) is 0 Å². The maximum absolute atomic E-state index is 11.0. The van der Waals surface area contributed by atoms with Crippen molar-refractivity contribution in [3.8, 4) is 0 Å². The van der Waals surface area contributed by atoms with Crippen LogP contribution in [0.4, 0.5) is 0 Å². The Morgan fingerprint density at radius 1 is 1.46 bits per heavy atom. The molecular weight excluding hydrogens is 180 g/mol. The third-order valence-electron chi connectivity index (χ3n) is 1.67. The number of carbonyl (C=O) groups excluding carboxylic acids is 1. The van der Waals surface area contributed by atoms with Crippen LogP contribution in [-0.2, 0) is 9.53 Å². The molecule has 3 heteroatoms. The minimum atomic E-state index is -1.05. The van der Waals surface area contributed by atoms with Crippen molar-refractivity contribution in [2.24, 2.45) is 0 Å². The van der Waals surface area contributed by atoms with Crippen LogP contribution in [0.5, 0.6) is 0 Å². The van der Waals surface area contributed by atoms with E-state index in [0.29, 0.717) is 19.4 Å². The van der Waals surface area contributed by atoms with E-state index in [4.69, 9.17) is 4.74 Å². The van der Waals surface area contributed by atoms with Crippen molar-refractivity contribution in [2.75, 3.05) is 6.61 Å². The van der Waals surface area contributed by atoms with Crippen LogP contribution in [0.3, 0.4) is 0 Å². The number of rotatable bonds is 6. The quantitative estimate of drug-likeness (QED) is 0.374. The average Bonchev–Trinajstić information content (AvgIpc) is 1.98. The summed E-state index contributed by atoms with van der Waals surface area (Å²) >= 11 is 0. The molecule has 0 atom stereocenters. The number of ether oxygens (including phenoxy) is 1. The maximum atomic E-state index is 11.0. The monoisotopic (exact) mass is 200 g/mol. The molecule has 0 unspecified atom stereocenters. The van der Waals surface area contributed by atoms with Gasteiger partial charge in [-0.3, -0.25) is 4.79 Å². The highest BCUT2D eigenvalue weighted by Crippen LogP contribution is 2.08. The zero-order valence-corrected chi connectivity index (χ0v) is 9.93. The normalized spacial score (nSPS) is 11.0. The van der Waals surface area contributed by atoms with E-state index in [1.165, 1.54) is 0 Å². The number of hydrogen-bond donors (Lipinski definition) is 0. The minimum absolute atomic E-state index is 0.0989. The molecule has 0 aliphatic heterocycles. The van der Waals surface area contributed by atoms with Gasteiger partial charge in [0, 0.05) is 14.5 Å². The van der Waals surface area contributed by atoms with Crippen LogP contribution in [0.2, 0.25) is 25.7 Å². The third-order valence-corrected chi connectivity index (χ3v) is 3.37. The summed E-state index contributed by atoms with van der Waals surface area (Å²) in [6.45, 7) is 10.9. The standard InChI is InChI=1S/C10H20O2Si/c1-5-6-7-10(11)12-8-9-13(2,3)4/h5H,1,6-9H2,2-4H3. The second-order valence-corrected chi connectivity index (χ2v) is 9.98. The molecule has 0 aromatic heterocycles. The Kier molecular flexibility index (Phi) is 5.71. The SMILES string of the molecule is C=CCCC(=O)OCC[Si](C)(C)C. The molecule has 0 spiro atoms. The van der Waals surface area contributed by atoms with Gasteiger partial charge in [0.15, 0.2) is 0 Å². The van der Waals surface area contributed by atoms with E-state index in [9.17, 15) is 4.79 Å². The second-order valence-electron chi connectivity index (χ2n) is 4.36. The lowest BCUT2D eigenvalue weighted by molar-refractivity contribution is -0.143. The lowest BCUT2D eigenvalue weighted by Crippen LogP contribution is -2.22. The van der Waals surface area contributed by atoms with Crippen LogP contribution < -0.4 is 0 Å². The molecule has 0 aromatic carbocycles. The van der Waals surface area contributed by atoms with E-state index in [0.717, 1.165) is 6.04 Å². The van der Waals surface area contributed by atoms with E-state index in [2.05, 4.69) is 26.2 Å². The summed E-state index contributed by atoms with van der Waals surface area (Å²) in [5, 5.41) is 0. The fraction of sp³-hybridized carbons (Fsp3) is 0.700. The maximum Gasteiger partial charge on any atom is 0.306 e. The molecule has 0 amide bonds. The molecule has 76 valence electrons. The van der Waals surface area contributed by atoms with E-state index in [1.54, 1.807) is 6.08 Å². The second kappa shape index (κ2) is 5.97. The van der Waals surface area contributed by atoms with Gasteiger partial charge in [-0.2, -0.15) is 0 Å². The summed E-state index contributed by atoms with van der Waals surface area (Å²) in [5.74, 6) is -0.0989. The highest BCUT2D eigenvalue weighted by atomic mass is 28.3. The number of carbonyl (C=O) groups is 1. The van der Waals surface area contributed by atoms with Crippen LogP contribution in [-0.4, -0.2) is 20.7 Å². The van der Waals surface area contributed by atoms with E-state index in [-0.39, 0.29) is 5.97 Å². The van der Waals surface area contributed by atoms with E-state index in [1.807, 2.05) is 0 Å². The largest absolute Gasteiger partial charge is 0.466 e. The summed E-state index contributed by atoms with van der Waals surface area (Å²) < 4.78 is 5.07. The highest BCUT2D eigenvalue weighted by molar-refractivity contribution is 6.76. The molecule has 0 N–H and O–H groups in total. The number of esters is 1. The smallest absolute Gasteiger partial charge is 0.306 e. The molecule has 0 fully saturated rings. The molecule has 13 heavy (non-hydrogen) atoms. The van der Waals surface area contributed by atoms with E-state index < -0.39 is 8.07 Å². The van der Waals surface area contributed by atoms with Gasteiger partial charge in [0.05, 0.1) is 6.61 Å². The fourth-order valence-electron chi connectivity index (χ4n) is 0.763. The van der Waals surface area contributed by atoms with Gasteiger partial charge in [-0.1, -0.05) is 25.7 Å². The van der Waals surface area contributed by atoms with Crippen molar-refractivity contribution in [3.05, 3.63) is 12.7 Å². The zero-order valence-electron chi connectivity index (χ0n) is 8.93. The van der Waals surface area contributed by atoms with Gasteiger partial charge in [-0.25, -0.2) is 0 Å². The van der Waals surface area contributed by atoms with Gasteiger partial charge in [-0.15, -0.1) is 6.58 Å². The molecule has 0 heterocycles. The highest BCUT2D eigenvalue weighted by Gasteiger charge is 2.13. The predicted octanol–water partition coefficient (Wildman–Crippen LogP) is 2.83. The summed E-state index contributed by atoms with van der Waals surface area (Å²) in [5.41, 5.74) is 0. The predicted molar refractivity (Wildman–Crippen MR) is 58.5 cm³/mol. The van der Waals surface area contributed by atoms with Gasteiger partial charge in [0.2, 0.25) is 0 Å². The number of hydrogen-bond acceptors (Lipinski definition) is 2. The average molecular weight is 200 g/mol. The molecule has 0 saturated heterocycles. The number of allylic oxidation sites excluding steroid dienone is 1. The van der Waals surface area contributed by atoms with Gasteiger partial charge < -0.3 is 4.74 Å². The molecule has 0 radical (unpaired) electrons. The molecule has 0 saturated carbocycles. The molecule has 0 aliphatic rings. The molecule has 0 rings (SSSR count). The first-order chi connectivity index (χ1) is 5.95. The fourth-order valence-corrected chi connectivity index (χ4v) is 1.48. The first-order valence-corrected chi connectivity index (χ1v) is 8.43. The van der Waals surface area contributed by atoms with Crippen LogP contribution in [0.1, 0.15) is 12.8 Å². The van der Waals surface area contributed by atoms with Crippen molar-refractivity contribution < 1.29 is 9.53 Å². The van der Waals surface area contributed by atoms with Crippen LogP contribution in [0.15, 0.2) is 12.7 Å². The summed E-state index contributed by atoms with van der Waals surface area (Å²) in [7, 11) is -1.05. The topological polar surface area (TPSA) is 26.3 Å². The Balaban J connectivity index is 3.42. The summed E-state index contributed by atoms with van der Waals surface area (Å²) in [6, 6.07) is 1.05. The lowest BCUT2D eigenvalue weighted by atomic mass is 10.3. The van der Waals surface area contributed by atoms with Crippen molar-refractivity contribution in [3.63, 3.8) is 0 Å². The Morgan fingerprint density at radius 2 is 2.08 bits per heavy atom. The minimum Gasteiger partial charge on any atom is -0.466 e. The van der Waals surface area contributed by atoms with Crippen LogP contribution in [0, 0.1) is 0 Å². The Morgan fingerprint density at radius 3 is 2.54 bits per heavy atom. The van der Waals surface area contributed by atoms with Gasteiger partial charge >= 0.3 is 5.97 Å². The van der Waals surface area contributed by atoms with Gasteiger partial charge in [0.1, 0.15) is 0 Å². The van der Waals surface area contributed by atoms with Crippen molar-refractivity contribution in [2.45, 2.75) is 38.5 Å². The molecule has 0 aliphatic carbocycles. The lowest BCUT2D eigenvalue weighted by Gasteiger charge is -2.14. The summed E-state index contributed by atoms with van der Waals surface area (Å²) in [6.07, 6.45) is 2.92. The van der Waals surface area contributed by atoms with Crippen LogP contribution in [0.25, 0.3) is 0 Å². The Bertz CT molecular complexity index is 170. The molecular formula is C10H20O2Si. The van der Waals surface area contributed by atoms with Crippen molar-refractivity contribution in [1.29, 1.82) is 0 Å². The van der Waals surface area contributed by atoms with E-state index >= 15 is 0 Å². The first kappa shape index (κ1) is 12.4. The zero-order chi connectivity index (χ0) is 10.3. The summed E-state index contributed by atoms with van der Waals surface area (Å²) in [4.78, 5) is 11.0. The van der Waals surface area contributed by atoms with Crippen LogP contribution >= 0.6 is 0 Å². The Hall–Kier alpha value is -0.573. The Labute approximate surface area is 82.0 Å². The third kappa shape index (κ3) is 9.34. The van der Waals surface area contributed by atoms with Gasteiger partial charge in [-0.05, 0) is 12.5 Å². The molecule has 2 nitrogen and oxygen atoms in total.